The number of aromatic nitrogens is 2. The summed E-state index contributed by atoms with van der Waals surface area (Å²) < 4.78 is 10.7. The largest absolute Gasteiger partial charge is 0.467 e. The van der Waals surface area contributed by atoms with Crippen molar-refractivity contribution >= 4 is 23.3 Å². The molecular formula is C14H18N6O4. The molecular weight excluding hydrogens is 316 g/mol. The van der Waals surface area contributed by atoms with E-state index in [1.807, 2.05) is 0 Å². The lowest BCUT2D eigenvalue weighted by atomic mass is 10.2. The maximum atomic E-state index is 11.2. The number of rotatable bonds is 7. The van der Waals surface area contributed by atoms with Crippen molar-refractivity contribution in [3.8, 4) is 0 Å². The summed E-state index contributed by atoms with van der Waals surface area (Å²) in [6.45, 7) is 1.47. The van der Waals surface area contributed by atoms with E-state index in [1.165, 1.54) is 0 Å². The van der Waals surface area contributed by atoms with Crippen LogP contribution in [0.5, 0.6) is 0 Å². The fourth-order valence-corrected chi connectivity index (χ4v) is 2.45. The lowest BCUT2D eigenvalue weighted by Gasteiger charge is -2.13. The number of nitrogens with one attached hydrogen (secondary N) is 2. The highest BCUT2D eigenvalue weighted by Gasteiger charge is 2.24. The third kappa shape index (κ3) is 3.71. The number of furan rings is 1. The van der Waals surface area contributed by atoms with Gasteiger partial charge in [0.1, 0.15) is 5.76 Å². The molecule has 0 aromatic carbocycles. The molecule has 2 aromatic rings. The zero-order valence-corrected chi connectivity index (χ0v) is 12.9. The van der Waals surface area contributed by atoms with Gasteiger partial charge >= 0.3 is 5.69 Å². The molecule has 1 saturated heterocycles. The van der Waals surface area contributed by atoms with Crippen LogP contribution >= 0.6 is 0 Å². The van der Waals surface area contributed by atoms with Gasteiger partial charge in [0.2, 0.25) is 17.6 Å². The van der Waals surface area contributed by atoms with Crippen LogP contribution < -0.4 is 16.4 Å². The second kappa shape index (κ2) is 7.13. The zero-order valence-electron chi connectivity index (χ0n) is 12.9. The number of nitrogens with zero attached hydrogens (tertiary/aromatic N) is 3. The summed E-state index contributed by atoms with van der Waals surface area (Å²) in [5.74, 6) is 0.741. The van der Waals surface area contributed by atoms with Gasteiger partial charge in [-0.3, -0.25) is 10.1 Å². The maximum Gasteiger partial charge on any atom is 0.353 e. The van der Waals surface area contributed by atoms with Crippen LogP contribution in [0.25, 0.3) is 0 Å². The molecule has 1 aliphatic heterocycles. The van der Waals surface area contributed by atoms with E-state index < -0.39 is 4.92 Å². The third-order valence-corrected chi connectivity index (χ3v) is 3.62. The van der Waals surface area contributed by atoms with Crippen molar-refractivity contribution < 1.29 is 14.1 Å². The Morgan fingerprint density at radius 1 is 1.42 bits per heavy atom. The second-order valence-corrected chi connectivity index (χ2v) is 5.34. The second-order valence-electron chi connectivity index (χ2n) is 5.34. The lowest BCUT2D eigenvalue weighted by Crippen LogP contribution is -2.20. The lowest BCUT2D eigenvalue weighted by molar-refractivity contribution is -0.383. The summed E-state index contributed by atoms with van der Waals surface area (Å²) in [5, 5.41) is 17.1. The molecule has 0 aliphatic carbocycles. The Balaban J connectivity index is 1.75. The summed E-state index contributed by atoms with van der Waals surface area (Å²) in [4.78, 5) is 18.7. The summed E-state index contributed by atoms with van der Waals surface area (Å²) >= 11 is 0. The highest BCUT2D eigenvalue weighted by atomic mass is 16.6. The van der Waals surface area contributed by atoms with Crippen molar-refractivity contribution in [1.82, 2.24) is 9.97 Å². The van der Waals surface area contributed by atoms with E-state index in [2.05, 4.69) is 20.6 Å². The molecule has 0 bridgehead atoms. The third-order valence-electron chi connectivity index (χ3n) is 3.62. The Morgan fingerprint density at radius 2 is 2.29 bits per heavy atom. The van der Waals surface area contributed by atoms with Gasteiger partial charge in [-0.05, 0) is 25.0 Å². The van der Waals surface area contributed by atoms with Crippen LogP contribution in [0.3, 0.4) is 0 Å². The number of nitro groups is 1. The SMILES string of the molecule is Nc1nc(NCc2ccco2)nc(NC[C@@H]2CCCO2)c1[N+](=O)[O-]. The van der Waals surface area contributed by atoms with Crippen molar-refractivity contribution in [1.29, 1.82) is 0 Å². The molecule has 1 atom stereocenters. The maximum absolute atomic E-state index is 11.2. The minimum absolute atomic E-state index is 0.0142. The van der Waals surface area contributed by atoms with Crippen LogP contribution in [0.1, 0.15) is 18.6 Å². The van der Waals surface area contributed by atoms with Gasteiger partial charge in [0, 0.05) is 13.2 Å². The van der Waals surface area contributed by atoms with Crippen LogP contribution in [0.2, 0.25) is 0 Å². The first-order valence-corrected chi connectivity index (χ1v) is 7.57. The van der Waals surface area contributed by atoms with E-state index >= 15 is 0 Å². The molecule has 0 unspecified atom stereocenters. The van der Waals surface area contributed by atoms with E-state index in [0.29, 0.717) is 25.5 Å². The quantitative estimate of drug-likeness (QED) is 0.510. The molecule has 1 fully saturated rings. The molecule has 1 aliphatic rings. The average molecular weight is 334 g/mol. The number of nitrogen functional groups attached to an aromatic ring is 1. The highest BCUT2D eigenvalue weighted by Crippen LogP contribution is 2.29. The first-order valence-electron chi connectivity index (χ1n) is 7.57. The Labute approximate surface area is 137 Å². The van der Waals surface area contributed by atoms with Crippen LogP contribution in [0.4, 0.5) is 23.3 Å². The van der Waals surface area contributed by atoms with Crippen molar-refractivity contribution in [2.75, 3.05) is 29.5 Å². The summed E-state index contributed by atoms with van der Waals surface area (Å²) in [6.07, 6.45) is 3.46. The first kappa shape index (κ1) is 16.0. The molecule has 10 heteroatoms. The van der Waals surface area contributed by atoms with Gasteiger partial charge < -0.3 is 25.5 Å². The molecule has 0 saturated carbocycles. The highest BCUT2D eigenvalue weighted by molar-refractivity contribution is 5.69. The molecule has 4 N–H and O–H groups in total. The fraction of sp³-hybridized carbons (Fsp3) is 0.429. The van der Waals surface area contributed by atoms with E-state index in [4.69, 9.17) is 14.9 Å². The van der Waals surface area contributed by atoms with Gasteiger partial charge in [-0.25, -0.2) is 0 Å². The van der Waals surface area contributed by atoms with E-state index in [1.54, 1.807) is 18.4 Å². The predicted molar refractivity (Wildman–Crippen MR) is 86.6 cm³/mol. The van der Waals surface area contributed by atoms with Crippen molar-refractivity contribution in [3.63, 3.8) is 0 Å². The van der Waals surface area contributed by atoms with Crippen molar-refractivity contribution in [3.05, 3.63) is 34.3 Å². The molecule has 0 spiro atoms. The monoisotopic (exact) mass is 334 g/mol. The fourth-order valence-electron chi connectivity index (χ4n) is 2.45. The number of hydrogen-bond acceptors (Lipinski definition) is 9. The molecule has 3 heterocycles. The van der Waals surface area contributed by atoms with Gasteiger partial charge in [0.25, 0.3) is 0 Å². The molecule has 24 heavy (non-hydrogen) atoms. The zero-order chi connectivity index (χ0) is 16.9. The van der Waals surface area contributed by atoms with Crippen LogP contribution in [-0.4, -0.2) is 34.1 Å². The van der Waals surface area contributed by atoms with Gasteiger partial charge in [-0.15, -0.1) is 0 Å². The standard InChI is InChI=1S/C14H18N6O4/c15-12-11(20(21)22)13(16-7-9-3-1-5-23-9)19-14(18-12)17-8-10-4-2-6-24-10/h2,4,6,9H,1,3,5,7-8H2,(H4,15,16,17,18,19)/t9-/m0/s1. The van der Waals surface area contributed by atoms with Gasteiger partial charge in [-0.2, -0.15) is 9.97 Å². The van der Waals surface area contributed by atoms with Crippen LogP contribution in [0.15, 0.2) is 22.8 Å². The molecule has 0 amide bonds. The summed E-state index contributed by atoms with van der Waals surface area (Å²) in [5.41, 5.74) is 5.39. The predicted octanol–water partition coefficient (Wildman–Crippen LogP) is 1.76. The minimum Gasteiger partial charge on any atom is -0.467 e. The normalized spacial score (nSPS) is 16.9. The average Bonchev–Trinajstić information content (AvgIpc) is 3.23. The van der Waals surface area contributed by atoms with E-state index in [0.717, 1.165) is 12.8 Å². The van der Waals surface area contributed by atoms with Crippen molar-refractivity contribution in [2.45, 2.75) is 25.5 Å². The van der Waals surface area contributed by atoms with E-state index in [-0.39, 0.29) is 29.4 Å². The van der Waals surface area contributed by atoms with Gasteiger partial charge in [0.15, 0.2) is 0 Å². The number of ether oxygens (including phenoxy) is 1. The molecule has 3 rings (SSSR count). The summed E-state index contributed by atoms with van der Waals surface area (Å²) in [7, 11) is 0. The van der Waals surface area contributed by atoms with Gasteiger partial charge in [0.05, 0.1) is 23.8 Å². The Bertz CT molecular complexity index is 700. The smallest absolute Gasteiger partial charge is 0.353 e. The number of anilines is 3. The minimum atomic E-state index is -0.594. The molecule has 0 radical (unpaired) electrons. The Hall–Kier alpha value is -2.88. The Kier molecular flexibility index (Phi) is 4.75. The molecule has 128 valence electrons. The van der Waals surface area contributed by atoms with Crippen LogP contribution in [0, 0.1) is 10.1 Å². The van der Waals surface area contributed by atoms with Crippen LogP contribution in [-0.2, 0) is 11.3 Å². The molecule has 10 nitrogen and oxygen atoms in total. The topological polar surface area (TPSA) is 141 Å². The first-order chi connectivity index (χ1) is 11.6. The summed E-state index contributed by atoms with van der Waals surface area (Å²) in [6, 6.07) is 3.55. The number of hydrogen-bond donors (Lipinski definition) is 3. The van der Waals surface area contributed by atoms with Gasteiger partial charge in [-0.1, -0.05) is 0 Å². The Morgan fingerprint density at radius 3 is 2.96 bits per heavy atom. The van der Waals surface area contributed by atoms with E-state index in [9.17, 15) is 10.1 Å². The van der Waals surface area contributed by atoms with Crippen molar-refractivity contribution in [2.24, 2.45) is 0 Å². The number of nitrogens with two attached hydrogens (primary N) is 1. The molecule has 2 aromatic heterocycles.